The highest BCUT2D eigenvalue weighted by atomic mass is 31.2. The SMILES string of the molecule is CC(C)CCCCCCCCCCC/C=C/CCCCCCCOP(=O)(O)OCC(C)C. The molecule has 0 aromatic heterocycles. The minimum atomic E-state index is -3.85. The first-order chi connectivity index (χ1) is 15.3. The smallest absolute Gasteiger partial charge is 0.302 e. The van der Waals surface area contributed by atoms with Gasteiger partial charge in [-0.3, -0.25) is 9.05 Å². The molecule has 0 saturated heterocycles. The van der Waals surface area contributed by atoms with Crippen molar-refractivity contribution in [2.75, 3.05) is 13.2 Å². The van der Waals surface area contributed by atoms with Crippen molar-refractivity contribution >= 4 is 7.82 Å². The zero-order chi connectivity index (χ0) is 23.9. The highest BCUT2D eigenvalue weighted by molar-refractivity contribution is 7.47. The fraction of sp³-hybridized carbons (Fsp3) is 0.926. The van der Waals surface area contributed by atoms with E-state index < -0.39 is 7.82 Å². The summed E-state index contributed by atoms with van der Waals surface area (Å²) in [4.78, 5) is 9.53. The van der Waals surface area contributed by atoms with Gasteiger partial charge in [0.25, 0.3) is 0 Å². The van der Waals surface area contributed by atoms with Crippen LogP contribution in [-0.4, -0.2) is 18.1 Å². The molecule has 0 aromatic carbocycles. The molecule has 5 heteroatoms. The second-order valence-electron chi connectivity index (χ2n) is 10.2. The standard InChI is InChI=1S/C27H55O4P/c1-26(2)23-21-19-17-15-13-11-9-7-5-6-8-10-12-14-16-18-20-22-24-30-32(28,29)31-25-27(3)4/h8,10,26-27H,5-7,9,11-25H2,1-4H3,(H,28,29)/b10-8+. The lowest BCUT2D eigenvalue weighted by Gasteiger charge is -2.13. The van der Waals surface area contributed by atoms with Crippen LogP contribution in [0.3, 0.4) is 0 Å². The van der Waals surface area contributed by atoms with Crippen LogP contribution in [0, 0.1) is 11.8 Å². The minimum Gasteiger partial charge on any atom is -0.302 e. The van der Waals surface area contributed by atoms with Gasteiger partial charge in [-0.2, -0.15) is 0 Å². The predicted octanol–water partition coefficient (Wildman–Crippen LogP) is 9.62. The molecule has 1 atom stereocenters. The Morgan fingerprint density at radius 1 is 0.625 bits per heavy atom. The van der Waals surface area contributed by atoms with E-state index in [1.165, 1.54) is 89.9 Å². The van der Waals surface area contributed by atoms with Crippen LogP contribution >= 0.6 is 7.82 Å². The Balaban J connectivity index is 3.26. The molecule has 0 amide bonds. The average molecular weight is 475 g/mol. The van der Waals surface area contributed by atoms with Crippen molar-refractivity contribution in [1.29, 1.82) is 0 Å². The summed E-state index contributed by atoms with van der Waals surface area (Å²) in [5.74, 6) is 1.09. The first kappa shape index (κ1) is 31.9. The summed E-state index contributed by atoms with van der Waals surface area (Å²) in [6, 6.07) is 0. The van der Waals surface area contributed by atoms with Gasteiger partial charge in [0.2, 0.25) is 0 Å². The number of hydrogen-bond donors (Lipinski definition) is 1. The summed E-state index contributed by atoms with van der Waals surface area (Å²) < 4.78 is 21.5. The number of phosphoric ester groups is 1. The quantitative estimate of drug-likeness (QED) is 0.0859. The minimum absolute atomic E-state index is 0.220. The molecule has 0 aromatic rings. The Labute approximate surface area is 200 Å². The van der Waals surface area contributed by atoms with Crippen LogP contribution in [0.5, 0.6) is 0 Å². The van der Waals surface area contributed by atoms with Crippen LogP contribution < -0.4 is 0 Å². The molecule has 0 bridgehead atoms. The second-order valence-corrected chi connectivity index (χ2v) is 11.6. The van der Waals surface area contributed by atoms with Crippen molar-refractivity contribution in [1.82, 2.24) is 0 Å². The lowest BCUT2D eigenvalue weighted by atomic mass is 10.0. The van der Waals surface area contributed by atoms with E-state index in [4.69, 9.17) is 9.05 Å². The summed E-state index contributed by atoms with van der Waals surface area (Å²) in [7, 11) is -3.85. The maximum atomic E-state index is 11.6. The van der Waals surface area contributed by atoms with Crippen molar-refractivity contribution in [3.8, 4) is 0 Å². The van der Waals surface area contributed by atoms with Gasteiger partial charge in [0, 0.05) is 0 Å². The largest absolute Gasteiger partial charge is 0.472 e. The van der Waals surface area contributed by atoms with Crippen LogP contribution in [0.4, 0.5) is 0 Å². The molecule has 0 aliphatic carbocycles. The number of allylic oxidation sites excluding steroid dienone is 2. The van der Waals surface area contributed by atoms with E-state index in [9.17, 15) is 9.46 Å². The number of unbranched alkanes of at least 4 members (excludes halogenated alkanes) is 14. The summed E-state index contributed by atoms with van der Waals surface area (Å²) in [5.41, 5.74) is 0. The van der Waals surface area contributed by atoms with Crippen LogP contribution in [0.2, 0.25) is 0 Å². The maximum Gasteiger partial charge on any atom is 0.472 e. The second kappa shape index (κ2) is 22.6. The Bertz CT molecular complexity index is 463. The van der Waals surface area contributed by atoms with Crippen molar-refractivity contribution in [3.63, 3.8) is 0 Å². The van der Waals surface area contributed by atoms with E-state index in [-0.39, 0.29) is 12.5 Å². The summed E-state index contributed by atoms with van der Waals surface area (Å²) >= 11 is 0. The Hall–Kier alpha value is -0.150. The number of phosphoric acid groups is 1. The van der Waals surface area contributed by atoms with Gasteiger partial charge in [-0.15, -0.1) is 0 Å². The molecule has 1 N–H and O–H groups in total. The molecular weight excluding hydrogens is 419 g/mol. The van der Waals surface area contributed by atoms with Gasteiger partial charge in [0.1, 0.15) is 0 Å². The fourth-order valence-corrected chi connectivity index (χ4v) is 4.56. The molecule has 0 heterocycles. The molecule has 0 spiro atoms. The highest BCUT2D eigenvalue weighted by Crippen LogP contribution is 2.43. The lowest BCUT2D eigenvalue weighted by Crippen LogP contribution is -2.03. The Kier molecular flexibility index (Phi) is 22.5. The molecular formula is C27H55O4P. The van der Waals surface area contributed by atoms with E-state index in [1.807, 2.05) is 13.8 Å². The van der Waals surface area contributed by atoms with Crippen molar-refractivity contribution in [2.45, 2.75) is 137 Å². The van der Waals surface area contributed by atoms with Crippen LogP contribution in [0.25, 0.3) is 0 Å². The van der Waals surface area contributed by atoms with E-state index in [1.54, 1.807) is 0 Å². The molecule has 0 aliphatic rings. The Morgan fingerprint density at radius 3 is 1.53 bits per heavy atom. The van der Waals surface area contributed by atoms with Gasteiger partial charge in [0.15, 0.2) is 0 Å². The zero-order valence-electron chi connectivity index (χ0n) is 21.9. The molecule has 1 unspecified atom stereocenters. The van der Waals surface area contributed by atoms with E-state index in [0.717, 1.165) is 25.2 Å². The zero-order valence-corrected chi connectivity index (χ0v) is 22.8. The van der Waals surface area contributed by atoms with Crippen LogP contribution in [-0.2, 0) is 13.6 Å². The highest BCUT2D eigenvalue weighted by Gasteiger charge is 2.20. The van der Waals surface area contributed by atoms with Crippen LogP contribution in [0.15, 0.2) is 12.2 Å². The third-order valence-electron chi connectivity index (χ3n) is 5.66. The predicted molar refractivity (Wildman–Crippen MR) is 139 cm³/mol. The van der Waals surface area contributed by atoms with Gasteiger partial charge in [-0.1, -0.05) is 117 Å². The van der Waals surface area contributed by atoms with Crippen molar-refractivity contribution in [2.24, 2.45) is 11.8 Å². The van der Waals surface area contributed by atoms with Gasteiger partial charge in [0.05, 0.1) is 13.2 Å². The van der Waals surface area contributed by atoms with E-state index >= 15 is 0 Å². The van der Waals surface area contributed by atoms with Crippen molar-refractivity contribution < 1.29 is 18.5 Å². The molecule has 0 saturated carbocycles. The van der Waals surface area contributed by atoms with Crippen LogP contribution in [0.1, 0.15) is 137 Å². The summed E-state index contributed by atoms with van der Waals surface area (Å²) in [6.45, 7) is 9.07. The summed E-state index contributed by atoms with van der Waals surface area (Å²) in [6.07, 6.45) is 26.6. The number of hydrogen-bond acceptors (Lipinski definition) is 3. The van der Waals surface area contributed by atoms with E-state index in [0.29, 0.717) is 6.61 Å². The first-order valence-electron chi connectivity index (χ1n) is 13.6. The number of rotatable bonds is 24. The fourth-order valence-electron chi connectivity index (χ4n) is 3.64. The summed E-state index contributed by atoms with van der Waals surface area (Å²) in [5, 5.41) is 0. The van der Waals surface area contributed by atoms with Gasteiger partial charge < -0.3 is 4.89 Å². The first-order valence-corrected chi connectivity index (χ1v) is 15.1. The van der Waals surface area contributed by atoms with Gasteiger partial charge in [-0.05, 0) is 43.9 Å². The molecule has 0 aliphatic heterocycles. The van der Waals surface area contributed by atoms with Gasteiger partial charge >= 0.3 is 7.82 Å². The van der Waals surface area contributed by atoms with E-state index in [2.05, 4.69) is 26.0 Å². The normalized spacial score (nSPS) is 14.1. The monoisotopic (exact) mass is 474 g/mol. The topological polar surface area (TPSA) is 55.8 Å². The third-order valence-corrected chi connectivity index (χ3v) is 6.64. The third kappa shape index (κ3) is 26.1. The maximum absolute atomic E-state index is 11.6. The molecule has 4 nitrogen and oxygen atoms in total. The Morgan fingerprint density at radius 2 is 1.06 bits per heavy atom. The molecule has 32 heavy (non-hydrogen) atoms. The molecule has 192 valence electrons. The molecule has 0 radical (unpaired) electrons. The van der Waals surface area contributed by atoms with Crippen molar-refractivity contribution in [3.05, 3.63) is 12.2 Å². The average Bonchev–Trinajstić information content (AvgIpc) is 2.73. The lowest BCUT2D eigenvalue weighted by molar-refractivity contribution is 0.135. The molecule has 0 rings (SSSR count). The van der Waals surface area contributed by atoms with Gasteiger partial charge in [-0.25, -0.2) is 4.57 Å². The molecule has 0 fully saturated rings.